The SMILES string of the molecule is CCCN1CCc2c(c(-c3ccc(N(CC)CC)cc3)nc3ccc4ccccc4c23)C1. The van der Waals surface area contributed by atoms with E-state index in [0.29, 0.717) is 0 Å². The number of nitrogens with zero attached hydrogens (tertiary/aromatic N) is 3. The van der Waals surface area contributed by atoms with Gasteiger partial charge in [0.1, 0.15) is 0 Å². The normalized spacial score (nSPS) is 14.1. The van der Waals surface area contributed by atoms with E-state index in [9.17, 15) is 0 Å². The molecule has 0 saturated carbocycles. The van der Waals surface area contributed by atoms with Gasteiger partial charge in [-0.3, -0.25) is 4.90 Å². The van der Waals surface area contributed by atoms with Gasteiger partial charge >= 0.3 is 0 Å². The number of aromatic nitrogens is 1. The van der Waals surface area contributed by atoms with E-state index in [0.717, 1.165) is 50.4 Å². The lowest BCUT2D eigenvalue weighted by Gasteiger charge is -2.31. The van der Waals surface area contributed by atoms with Crippen LogP contribution in [0, 0.1) is 0 Å². The van der Waals surface area contributed by atoms with Crippen LogP contribution >= 0.6 is 0 Å². The summed E-state index contributed by atoms with van der Waals surface area (Å²) in [6, 6.07) is 22.2. The zero-order chi connectivity index (χ0) is 22.1. The fourth-order valence-electron chi connectivity index (χ4n) is 5.34. The minimum absolute atomic E-state index is 0.989. The van der Waals surface area contributed by atoms with Crippen molar-refractivity contribution in [3.63, 3.8) is 0 Å². The van der Waals surface area contributed by atoms with E-state index < -0.39 is 0 Å². The van der Waals surface area contributed by atoms with Crippen LogP contribution in [0.25, 0.3) is 32.9 Å². The summed E-state index contributed by atoms with van der Waals surface area (Å²) < 4.78 is 0. The third-order valence-corrected chi connectivity index (χ3v) is 6.96. The van der Waals surface area contributed by atoms with Crippen molar-refractivity contribution < 1.29 is 0 Å². The van der Waals surface area contributed by atoms with Crippen LogP contribution in [-0.4, -0.2) is 36.1 Å². The van der Waals surface area contributed by atoms with Crippen LogP contribution in [0.15, 0.2) is 60.7 Å². The van der Waals surface area contributed by atoms with Crippen LogP contribution in [0.4, 0.5) is 5.69 Å². The van der Waals surface area contributed by atoms with E-state index in [1.807, 2.05) is 0 Å². The lowest BCUT2D eigenvalue weighted by atomic mass is 9.89. The van der Waals surface area contributed by atoms with Crippen LogP contribution in [-0.2, 0) is 13.0 Å². The third kappa shape index (κ3) is 3.65. The molecule has 3 aromatic carbocycles. The van der Waals surface area contributed by atoms with Gasteiger partial charge in [-0.05, 0) is 73.3 Å². The number of rotatable bonds is 6. The van der Waals surface area contributed by atoms with Gasteiger partial charge in [0.25, 0.3) is 0 Å². The quantitative estimate of drug-likeness (QED) is 0.323. The van der Waals surface area contributed by atoms with Gasteiger partial charge in [-0.1, -0.05) is 49.4 Å². The fourth-order valence-corrected chi connectivity index (χ4v) is 5.34. The molecule has 5 rings (SSSR count). The molecule has 0 fully saturated rings. The maximum absolute atomic E-state index is 5.28. The molecule has 0 atom stereocenters. The summed E-state index contributed by atoms with van der Waals surface area (Å²) in [4.78, 5) is 10.3. The number of benzene rings is 3. The molecular formula is C29H33N3. The number of hydrogen-bond acceptors (Lipinski definition) is 3. The lowest BCUT2D eigenvalue weighted by Crippen LogP contribution is -2.32. The Balaban J connectivity index is 1.70. The lowest BCUT2D eigenvalue weighted by molar-refractivity contribution is 0.255. The van der Waals surface area contributed by atoms with Crippen LogP contribution in [0.1, 0.15) is 38.3 Å². The standard InChI is InChI=1S/C29H33N3/c1-4-18-31-19-17-25-26(20-31)29(22-11-14-23(15-12-22)32(5-2)6-3)30-27-16-13-21-9-7-8-10-24(21)28(25)27/h7-16H,4-6,17-20H2,1-3H3. The maximum Gasteiger partial charge on any atom is 0.0757 e. The fraction of sp³-hybridized carbons (Fsp3) is 0.345. The van der Waals surface area contributed by atoms with Gasteiger partial charge in [0, 0.05) is 42.8 Å². The molecule has 0 radical (unpaired) electrons. The van der Waals surface area contributed by atoms with E-state index in [1.165, 1.54) is 45.0 Å². The highest BCUT2D eigenvalue weighted by atomic mass is 15.1. The molecule has 164 valence electrons. The van der Waals surface area contributed by atoms with Crippen molar-refractivity contribution in [3.05, 3.63) is 71.8 Å². The molecule has 2 heterocycles. The molecule has 0 saturated heterocycles. The minimum atomic E-state index is 0.989. The number of hydrogen-bond donors (Lipinski definition) is 0. The molecule has 0 N–H and O–H groups in total. The van der Waals surface area contributed by atoms with Gasteiger partial charge in [0.05, 0.1) is 11.2 Å². The molecule has 0 unspecified atom stereocenters. The molecule has 0 aliphatic carbocycles. The zero-order valence-electron chi connectivity index (χ0n) is 19.6. The first kappa shape index (κ1) is 21.0. The number of pyridine rings is 1. The molecular weight excluding hydrogens is 390 g/mol. The number of fused-ring (bicyclic) bond motifs is 5. The molecule has 32 heavy (non-hydrogen) atoms. The van der Waals surface area contributed by atoms with Crippen molar-refractivity contribution in [1.82, 2.24) is 9.88 Å². The Kier molecular flexibility index (Phi) is 5.84. The summed E-state index contributed by atoms with van der Waals surface area (Å²) in [5, 5.41) is 4.00. The van der Waals surface area contributed by atoms with Crippen molar-refractivity contribution in [3.8, 4) is 11.3 Å². The highest BCUT2D eigenvalue weighted by molar-refractivity contribution is 6.09. The first-order chi connectivity index (χ1) is 15.7. The van der Waals surface area contributed by atoms with E-state index in [4.69, 9.17) is 4.98 Å². The highest BCUT2D eigenvalue weighted by Gasteiger charge is 2.24. The summed E-state index contributed by atoms with van der Waals surface area (Å²) in [7, 11) is 0. The zero-order valence-corrected chi connectivity index (χ0v) is 19.6. The predicted molar refractivity (Wildman–Crippen MR) is 138 cm³/mol. The Hall–Kier alpha value is -2.91. The molecule has 0 bridgehead atoms. The summed E-state index contributed by atoms with van der Waals surface area (Å²) in [5.74, 6) is 0. The van der Waals surface area contributed by atoms with E-state index in [1.54, 1.807) is 0 Å². The predicted octanol–water partition coefficient (Wildman–Crippen LogP) is 6.67. The maximum atomic E-state index is 5.28. The van der Waals surface area contributed by atoms with Crippen LogP contribution in [0.5, 0.6) is 0 Å². The molecule has 1 aliphatic heterocycles. The second-order valence-corrected chi connectivity index (χ2v) is 8.84. The van der Waals surface area contributed by atoms with Crippen molar-refractivity contribution >= 4 is 27.4 Å². The Morgan fingerprint density at radius 1 is 0.875 bits per heavy atom. The Bertz CT molecular complexity index is 1240. The van der Waals surface area contributed by atoms with Gasteiger partial charge in [0.15, 0.2) is 0 Å². The average molecular weight is 424 g/mol. The Morgan fingerprint density at radius 3 is 2.41 bits per heavy atom. The summed E-state index contributed by atoms with van der Waals surface area (Å²) in [6.45, 7) is 12.0. The van der Waals surface area contributed by atoms with E-state index >= 15 is 0 Å². The minimum Gasteiger partial charge on any atom is -0.372 e. The van der Waals surface area contributed by atoms with Gasteiger partial charge in [0.2, 0.25) is 0 Å². The molecule has 0 spiro atoms. The molecule has 3 nitrogen and oxygen atoms in total. The largest absolute Gasteiger partial charge is 0.372 e. The molecule has 4 aromatic rings. The Morgan fingerprint density at radius 2 is 1.66 bits per heavy atom. The monoisotopic (exact) mass is 423 g/mol. The average Bonchev–Trinajstić information content (AvgIpc) is 2.84. The van der Waals surface area contributed by atoms with E-state index in [-0.39, 0.29) is 0 Å². The molecule has 1 aromatic heterocycles. The second-order valence-electron chi connectivity index (χ2n) is 8.84. The first-order valence-corrected chi connectivity index (χ1v) is 12.1. The van der Waals surface area contributed by atoms with E-state index in [2.05, 4.69) is 91.2 Å². The summed E-state index contributed by atoms with van der Waals surface area (Å²) >= 11 is 0. The third-order valence-electron chi connectivity index (χ3n) is 6.96. The van der Waals surface area contributed by atoms with Gasteiger partial charge < -0.3 is 4.90 Å². The summed E-state index contributed by atoms with van der Waals surface area (Å²) in [5.41, 5.74) is 7.72. The first-order valence-electron chi connectivity index (χ1n) is 12.1. The van der Waals surface area contributed by atoms with Crippen LogP contribution in [0.3, 0.4) is 0 Å². The molecule has 1 aliphatic rings. The summed E-state index contributed by atoms with van der Waals surface area (Å²) in [6.07, 6.45) is 2.28. The van der Waals surface area contributed by atoms with Crippen LogP contribution in [0.2, 0.25) is 0 Å². The van der Waals surface area contributed by atoms with Gasteiger partial charge in [-0.2, -0.15) is 0 Å². The van der Waals surface area contributed by atoms with Crippen molar-refractivity contribution in [2.75, 3.05) is 31.1 Å². The van der Waals surface area contributed by atoms with Gasteiger partial charge in [-0.15, -0.1) is 0 Å². The molecule has 0 amide bonds. The second kappa shape index (κ2) is 8.91. The van der Waals surface area contributed by atoms with Crippen molar-refractivity contribution in [2.24, 2.45) is 0 Å². The molecule has 3 heteroatoms. The van der Waals surface area contributed by atoms with Crippen molar-refractivity contribution in [1.29, 1.82) is 0 Å². The van der Waals surface area contributed by atoms with Crippen molar-refractivity contribution in [2.45, 2.75) is 40.2 Å². The topological polar surface area (TPSA) is 19.4 Å². The highest BCUT2D eigenvalue weighted by Crippen LogP contribution is 2.37. The van der Waals surface area contributed by atoms with Gasteiger partial charge in [-0.25, -0.2) is 4.98 Å². The smallest absolute Gasteiger partial charge is 0.0757 e. The number of anilines is 1. The van der Waals surface area contributed by atoms with Crippen LogP contribution < -0.4 is 4.90 Å². The Labute approximate surface area is 191 Å².